The molecule has 0 radical (unpaired) electrons. The topological polar surface area (TPSA) is 49.8 Å². The lowest BCUT2D eigenvalue weighted by Gasteiger charge is -2.16. The summed E-state index contributed by atoms with van der Waals surface area (Å²) in [5.74, 6) is 0.0551. The van der Waals surface area contributed by atoms with E-state index in [1.165, 1.54) is 24.1 Å². The molecule has 0 unspecified atom stereocenters. The summed E-state index contributed by atoms with van der Waals surface area (Å²) in [5, 5.41) is 9.05. The number of hydrogen-bond acceptors (Lipinski definition) is 3. The highest BCUT2D eigenvalue weighted by atomic mass is 16.5. The van der Waals surface area contributed by atoms with Crippen molar-refractivity contribution in [1.82, 2.24) is 0 Å². The molecular formula is C10H13NO3. The van der Waals surface area contributed by atoms with E-state index in [4.69, 9.17) is 9.84 Å². The summed E-state index contributed by atoms with van der Waals surface area (Å²) in [6.45, 7) is 0.0530. The number of nitrogens with zero attached hydrogens (tertiary/aromatic N) is 1. The zero-order chi connectivity index (χ0) is 10.6. The SMILES string of the molecule is COCC(=O)N(C)c1ccc(O)cc1. The van der Waals surface area contributed by atoms with E-state index in [2.05, 4.69) is 0 Å². The van der Waals surface area contributed by atoms with Crippen LogP contribution in [0.5, 0.6) is 5.75 Å². The van der Waals surface area contributed by atoms with Gasteiger partial charge >= 0.3 is 0 Å². The molecule has 4 nitrogen and oxygen atoms in total. The Bertz CT molecular complexity index is 308. The lowest BCUT2D eigenvalue weighted by Crippen LogP contribution is -2.29. The number of rotatable bonds is 3. The number of amides is 1. The van der Waals surface area contributed by atoms with Crippen molar-refractivity contribution in [2.75, 3.05) is 25.7 Å². The van der Waals surface area contributed by atoms with Gasteiger partial charge in [-0.25, -0.2) is 0 Å². The van der Waals surface area contributed by atoms with Crippen LogP contribution < -0.4 is 4.90 Å². The maximum atomic E-state index is 11.4. The Morgan fingerprint density at radius 1 is 1.43 bits per heavy atom. The van der Waals surface area contributed by atoms with Gasteiger partial charge in [-0.2, -0.15) is 0 Å². The highest BCUT2D eigenvalue weighted by molar-refractivity contribution is 5.93. The molecule has 0 saturated carbocycles. The van der Waals surface area contributed by atoms with Crippen LogP contribution in [0.1, 0.15) is 0 Å². The van der Waals surface area contributed by atoms with E-state index >= 15 is 0 Å². The van der Waals surface area contributed by atoms with Crippen LogP contribution in [-0.2, 0) is 9.53 Å². The number of anilines is 1. The lowest BCUT2D eigenvalue weighted by molar-refractivity contribution is -0.121. The van der Waals surface area contributed by atoms with E-state index < -0.39 is 0 Å². The van der Waals surface area contributed by atoms with E-state index in [1.807, 2.05) is 0 Å². The second kappa shape index (κ2) is 4.62. The van der Waals surface area contributed by atoms with Gasteiger partial charge in [0.25, 0.3) is 5.91 Å². The predicted octanol–water partition coefficient (Wildman–Crippen LogP) is 1.00. The van der Waals surface area contributed by atoms with Crippen molar-refractivity contribution in [3.8, 4) is 5.75 Å². The molecule has 1 N–H and O–H groups in total. The molecule has 0 aliphatic rings. The maximum Gasteiger partial charge on any atom is 0.252 e. The number of carbonyl (C=O) groups is 1. The monoisotopic (exact) mass is 195 g/mol. The van der Waals surface area contributed by atoms with Gasteiger partial charge in [-0.05, 0) is 24.3 Å². The van der Waals surface area contributed by atoms with E-state index in [9.17, 15) is 4.79 Å². The van der Waals surface area contributed by atoms with Crippen LogP contribution in [0, 0.1) is 0 Å². The van der Waals surface area contributed by atoms with E-state index in [0.717, 1.165) is 5.69 Å². The van der Waals surface area contributed by atoms with Crippen LogP contribution in [-0.4, -0.2) is 31.8 Å². The number of methoxy groups -OCH3 is 1. The van der Waals surface area contributed by atoms with Gasteiger partial charge in [-0.15, -0.1) is 0 Å². The molecule has 1 aromatic rings. The van der Waals surface area contributed by atoms with Gasteiger partial charge in [0.2, 0.25) is 0 Å². The summed E-state index contributed by atoms with van der Waals surface area (Å²) in [4.78, 5) is 12.8. The Morgan fingerprint density at radius 2 is 2.00 bits per heavy atom. The Hall–Kier alpha value is -1.55. The molecule has 4 heteroatoms. The number of phenolic OH excluding ortho intramolecular Hbond substituents is 1. The fourth-order valence-corrected chi connectivity index (χ4v) is 1.04. The molecule has 76 valence electrons. The molecule has 0 spiro atoms. The van der Waals surface area contributed by atoms with Crippen molar-refractivity contribution in [2.24, 2.45) is 0 Å². The average Bonchev–Trinajstić information content (AvgIpc) is 2.18. The summed E-state index contributed by atoms with van der Waals surface area (Å²) in [7, 11) is 3.14. The van der Waals surface area contributed by atoms with Crippen LogP contribution in [0.25, 0.3) is 0 Å². The number of benzene rings is 1. The van der Waals surface area contributed by atoms with E-state index in [1.54, 1.807) is 19.2 Å². The first-order valence-electron chi connectivity index (χ1n) is 4.19. The summed E-state index contributed by atoms with van der Waals surface area (Å²) >= 11 is 0. The minimum Gasteiger partial charge on any atom is -0.508 e. The molecule has 0 aliphatic carbocycles. The van der Waals surface area contributed by atoms with Gasteiger partial charge in [0.05, 0.1) is 0 Å². The van der Waals surface area contributed by atoms with Crippen LogP contribution in [0.4, 0.5) is 5.69 Å². The van der Waals surface area contributed by atoms with Crippen LogP contribution in [0.3, 0.4) is 0 Å². The fourth-order valence-electron chi connectivity index (χ4n) is 1.04. The van der Waals surface area contributed by atoms with Gasteiger partial charge in [0, 0.05) is 19.8 Å². The highest BCUT2D eigenvalue weighted by Crippen LogP contribution is 2.16. The van der Waals surface area contributed by atoms with Crippen molar-refractivity contribution in [2.45, 2.75) is 0 Å². The largest absolute Gasteiger partial charge is 0.508 e. The predicted molar refractivity (Wildman–Crippen MR) is 53.4 cm³/mol. The van der Waals surface area contributed by atoms with Crippen molar-refractivity contribution in [3.63, 3.8) is 0 Å². The molecule has 0 heterocycles. The molecule has 14 heavy (non-hydrogen) atoms. The first-order chi connectivity index (χ1) is 6.65. The third-order valence-electron chi connectivity index (χ3n) is 1.88. The highest BCUT2D eigenvalue weighted by Gasteiger charge is 2.09. The third kappa shape index (κ3) is 2.47. The molecule has 1 amide bonds. The summed E-state index contributed by atoms with van der Waals surface area (Å²) in [6, 6.07) is 6.41. The third-order valence-corrected chi connectivity index (χ3v) is 1.88. The fraction of sp³-hybridized carbons (Fsp3) is 0.300. The molecule has 0 saturated heterocycles. The summed E-state index contributed by atoms with van der Waals surface area (Å²) in [6.07, 6.45) is 0. The molecule has 0 aliphatic heterocycles. The second-order valence-electron chi connectivity index (χ2n) is 2.90. The minimum absolute atomic E-state index is 0.0530. The van der Waals surface area contributed by atoms with E-state index in [0.29, 0.717) is 0 Å². The molecular weight excluding hydrogens is 182 g/mol. The molecule has 0 bridgehead atoms. The Morgan fingerprint density at radius 3 is 2.50 bits per heavy atom. The van der Waals surface area contributed by atoms with Gasteiger partial charge in [-0.1, -0.05) is 0 Å². The second-order valence-corrected chi connectivity index (χ2v) is 2.90. The molecule has 0 aromatic heterocycles. The number of likely N-dealkylation sites (N-methyl/N-ethyl adjacent to an activating group) is 1. The normalized spacial score (nSPS) is 9.86. The van der Waals surface area contributed by atoms with E-state index in [-0.39, 0.29) is 18.3 Å². The molecule has 1 aromatic carbocycles. The van der Waals surface area contributed by atoms with Crippen LogP contribution >= 0.6 is 0 Å². The summed E-state index contributed by atoms with van der Waals surface area (Å²) < 4.78 is 4.73. The van der Waals surface area contributed by atoms with Crippen molar-refractivity contribution >= 4 is 11.6 Å². The van der Waals surface area contributed by atoms with Gasteiger partial charge in [-0.3, -0.25) is 4.79 Å². The number of ether oxygens (including phenoxy) is 1. The zero-order valence-electron chi connectivity index (χ0n) is 8.23. The van der Waals surface area contributed by atoms with Crippen LogP contribution in [0.15, 0.2) is 24.3 Å². The smallest absolute Gasteiger partial charge is 0.252 e. The number of aromatic hydroxyl groups is 1. The zero-order valence-corrected chi connectivity index (χ0v) is 8.23. The average molecular weight is 195 g/mol. The summed E-state index contributed by atoms with van der Waals surface area (Å²) in [5.41, 5.74) is 0.727. The first-order valence-corrected chi connectivity index (χ1v) is 4.19. The Balaban J connectivity index is 2.73. The molecule has 0 atom stereocenters. The lowest BCUT2D eigenvalue weighted by atomic mass is 10.3. The molecule has 1 rings (SSSR count). The maximum absolute atomic E-state index is 11.4. The number of hydrogen-bond donors (Lipinski definition) is 1. The number of phenols is 1. The standard InChI is InChI=1S/C10H13NO3/c1-11(10(13)7-14-2)8-3-5-9(12)6-4-8/h3-6,12H,7H2,1-2H3. The Kier molecular flexibility index (Phi) is 3.48. The van der Waals surface area contributed by atoms with Gasteiger partial charge < -0.3 is 14.7 Å². The first kappa shape index (κ1) is 10.5. The van der Waals surface area contributed by atoms with Gasteiger partial charge in [0.15, 0.2) is 0 Å². The van der Waals surface area contributed by atoms with Crippen molar-refractivity contribution in [3.05, 3.63) is 24.3 Å². The van der Waals surface area contributed by atoms with Crippen molar-refractivity contribution in [1.29, 1.82) is 0 Å². The number of carbonyl (C=O) groups excluding carboxylic acids is 1. The van der Waals surface area contributed by atoms with Crippen LogP contribution in [0.2, 0.25) is 0 Å². The van der Waals surface area contributed by atoms with Gasteiger partial charge in [0.1, 0.15) is 12.4 Å². The quantitative estimate of drug-likeness (QED) is 0.782. The Labute approximate surface area is 82.7 Å². The van der Waals surface area contributed by atoms with Crippen molar-refractivity contribution < 1.29 is 14.6 Å². The molecule has 0 fully saturated rings. The minimum atomic E-state index is -0.127.